The first-order valence-electron chi connectivity index (χ1n) is 10.4. The van der Waals surface area contributed by atoms with E-state index in [0.29, 0.717) is 0 Å². The number of amides is 1. The summed E-state index contributed by atoms with van der Waals surface area (Å²) in [6.07, 6.45) is 6.56. The van der Waals surface area contributed by atoms with Gasteiger partial charge in [-0.25, -0.2) is 9.38 Å². The standard InChI is InChI=1S/C22H30FN3O2/c1-3-4-15-5-6-16-14-21(9-7-17(28-2)8-10-21)22(18(16)13-15)19(27)26(12-11-23)20(24)25-22/h5-6,13,17H,3-4,7-12,14H2,1-2H3,(H2,24,25). The molecule has 2 spiro atoms. The van der Waals surface area contributed by atoms with Crippen LogP contribution in [0.5, 0.6) is 0 Å². The third kappa shape index (κ3) is 2.60. The van der Waals surface area contributed by atoms with Crippen LogP contribution in [-0.4, -0.2) is 43.2 Å². The van der Waals surface area contributed by atoms with Gasteiger partial charge in [0.05, 0.1) is 12.6 Å². The fourth-order valence-electron chi connectivity index (χ4n) is 5.66. The number of ether oxygens (including phenoxy) is 1. The lowest BCUT2D eigenvalue weighted by Gasteiger charge is -2.45. The topological polar surface area (TPSA) is 67.9 Å². The number of guanidine groups is 1. The number of hydrogen-bond acceptors (Lipinski definition) is 4. The second kappa shape index (κ2) is 7.14. The van der Waals surface area contributed by atoms with E-state index in [1.165, 1.54) is 16.0 Å². The van der Waals surface area contributed by atoms with Gasteiger partial charge in [-0.2, -0.15) is 0 Å². The minimum Gasteiger partial charge on any atom is -0.381 e. The molecule has 1 fully saturated rings. The number of benzene rings is 1. The van der Waals surface area contributed by atoms with Crippen molar-refractivity contribution < 1.29 is 13.9 Å². The molecule has 2 aliphatic carbocycles. The molecule has 0 aromatic heterocycles. The number of halogens is 1. The van der Waals surface area contributed by atoms with Gasteiger partial charge in [0.2, 0.25) is 0 Å². The maximum Gasteiger partial charge on any atom is 0.262 e. The van der Waals surface area contributed by atoms with E-state index < -0.39 is 12.2 Å². The molecule has 6 heteroatoms. The third-order valence-electron chi connectivity index (χ3n) is 7.04. The molecular formula is C22H30FN3O2. The normalized spacial score (nSPS) is 31.7. The van der Waals surface area contributed by atoms with Crippen molar-refractivity contribution in [3.8, 4) is 0 Å². The Bertz CT molecular complexity index is 801. The second-order valence-electron chi connectivity index (χ2n) is 8.46. The molecule has 1 amide bonds. The van der Waals surface area contributed by atoms with Gasteiger partial charge in [0.1, 0.15) is 6.67 Å². The minimum absolute atomic E-state index is 0.0311. The molecule has 5 nitrogen and oxygen atoms in total. The van der Waals surface area contributed by atoms with E-state index in [4.69, 9.17) is 15.5 Å². The summed E-state index contributed by atoms with van der Waals surface area (Å²) < 4.78 is 18.7. The third-order valence-corrected chi connectivity index (χ3v) is 7.04. The Morgan fingerprint density at radius 1 is 1.36 bits per heavy atom. The van der Waals surface area contributed by atoms with Gasteiger partial charge in [0.25, 0.3) is 5.91 Å². The van der Waals surface area contributed by atoms with Gasteiger partial charge in [-0.1, -0.05) is 31.5 Å². The van der Waals surface area contributed by atoms with Crippen LogP contribution in [0.4, 0.5) is 4.39 Å². The predicted octanol–water partition coefficient (Wildman–Crippen LogP) is 3.09. The summed E-state index contributed by atoms with van der Waals surface area (Å²) in [5, 5.41) is 0. The summed E-state index contributed by atoms with van der Waals surface area (Å²) in [4.78, 5) is 19.9. The molecule has 152 valence electrons. The number of nitrogens with zero attached hydrogens (tertiary/aromatic N) is 2. The Kier molecular flexibility index (Phi) is 4.94. The van der Waals surface area contributed by atoms with Gasteiger partial charge in [0.15, 0.2) is 11.5 Å². The Morgan fingerprint density at radius 3 is 2.75 bits per heavy atom. The Morgan fingerprint density at radius 2 is 2.11 bits per heavy atom. The van der Waals surface area contributed by atoms with Crippen molar-refractivity contribution in [3.05, 3.63) is 34.9 Å². The first-order valence-corrected chi connectivity index (χ1v) is 10.4. The molecule has 1 atom stereocenters. The molecule has 1 unspecified atom stereocenters. The van der Waals surface area contributed by atoms with Gasteiger partial charge < -0.3 is 10.5 Å². The molecule has 1 saturated carbocycles. The van der Waals surface area contributed by atoms with Crippen LogP contribution >= 0.6 is 0 Å². The molecule has 3 aliphatic rings. The highest BCUT2D eigenvalue weighted by molar-refractivity contribution is 6.08. The number of carbonyl (C=O) groups is 1. The summed E-state index contributed by atoms with van der Waals surface area (Å²) >= 11 is 0. The van der Waals surface area contributed by atoms with Crippen LogP contribution in [0.1, 0.15) is 55.7 Å². The van der Waals surface area contributed by atoms with Gasteiger partial charge in [-0.3, -0.25) is 9.69 Å². The lowest BCUT2D eigenvalue weighted by molar-refractivity contribution is -0.138. The van der Waals surface area contributed by atoms with Gasteiger partial charge in [-0.05, 0) is 55.2 Å². The van der Waals surface area contributed by atoms with Crippen molar-refractivity contribution in [1.29, 1.82) is 0 Å². The van der Waals surface area contributed by atoms with E-state index in [1.807, 2.05) is 0 Å². The van der Waals surface area contributed by atoms with Crippen LogP contribution in [0.15, 0.2) is 23.2 Å². The number of aryl methyl sites for hydroxylation is 1. The van der Waals surface area contributed by atoms with Crippen LogP contribution in [0, 0.1) is 5.41 Å². The Labute approximate surface area is 166 Å². The monoisotopic (exact) mass is 387 g/mol. The molecule has 2 N–H and O–H groups in total. The molecular weight excluding hydrogens is 357 g/mol. The number of carbonyl (C=O) groups excluding carboxylic acids is 1. The quantitative estimate of drug-likeness (QED) is 0.844. The highest BCUT2D eigenvalue weighted by Gasteiger charge is 2.66. The van der Waals surface area contributed by atoms with E-state index in [1.54, 1.807) is 7.11 Å². The van der Waals surface area contributed by atoms with E-state index in [-0.39, 0.29) is 29.9 Å². The number of aliphatic imine (C=N–C) groups is 1. The number of rotatable bonds is 5. The van der Waals surface area contributed by atoms with Crippen LogP contribution in [0.3, 0.4) is 0 Å². The minimum atomic E-state index is -1.01. The van der Waals surface area contributed by atoms with E-state index in [2.05, 4.69) is 25.1 Å². The first kappa shape index (κ1) is 19.4. The molecule has 0 saturated heterocycles. The Balaban J connectivity index is 1.84. The zero-order chi connectivity index (χ0) is 19.9. The maximum absolute atomic E-state index is 13.7. The number of hydrogen-bond donors (Lipinski definition) is 1. The van der Waals surface area contributed by atoms with Crippen LogP contribution in [-0.2, 0) is 27.9 Å². The smallest absolute Gasteiger partial charge is 0.262 e. The zero-order valence-corrected chi connectivity index (χ0v) is 16.8. The molecule has 1 aliphatic heterocycles. The lowest BCUT2D eigenvalue weighted by Crippen LogP contribution is -2.52. The van der Waals surface area contributed by atoms with Gasteiger partial charge in [-0.15, -0.1) is 0 Å². The summed E-state index contributed by atoms with van der Waals surface area (Å²) in [7, 11) is 1.75. The average molecular weight is 387 g/mol. The summed E-state index contributed by atoms with van der Waals surface area (Å²) in [6.45, 7) is 1.49. The fourth-order valence-corrected chi connectivity index (χ4v) is 5.66. The Hall–Kier alpha value is -1.95. The van der Waals surface area contributed by atoms with E-state index in [9.17, 15) is 9.18 Å². The highest BCUT2D eigenvalue weighted by atomic mass is 19.1. The summed E-state index contributed by atoms with van der Waals surface area (Å²) in [5.41, 5.74) is 8.25. The van der Waals surface area contributed by atoms with Gasteiger partial charge in [0, 0.05) is 12.5 Å². The molecule has 1 heterocycles. The van der Waals surface area contributed by atoms with E-state index in [0.717, 1.165) is 50.5 Å². The molecule has 28 heavy (non-hydrogen) atoms. The number of methoxy groups -OCH3 is 1. The molecule has 1 aromatic carbocycles. The fraction of sp³-hybridized carbons (Fsp3) is 0.636. The van der Waals surface area contributed by atoms with Crippen molar-refractivity contribution in [2.24, 2.45) is 16.1 Å². The predicted molar refractivity (Wildman–Crippen MR) is 107 cm³/mol. The molecule has 0 radical (unpaired) electrons. The molecule has 4 rings (SSSR count). The van der Waals surface area contributed by atoms with Crippen molar-refractivity contribution in [3.63, 3.8) is 0 Å². The summed E-state index contributed by atoms with van der Waals surface area (Å²) in [6, 6.07) is 6.49. The van der Waals surface area contributed by atoms with Crippen molar-refractivity contribution >= 4 is 11.9 Å². The lowest BCUT2D eigenvalue weighted by atomic mass is 9.61. The van der Waals surface area contributed by atoms with Crippen molar-refractivity contribution in [1.82, 2.24) is 4.90 Å². The SMILES string of the molecule is CCCc1ccc2c(c1)C1(N=C(N)N(CCF)C1=O)C1(CCC(OC)CC1)C2. The second-order valence-corrected chi connectivity index (χ2v) is 8.46. The van der Waals surface area contributed by atoms with Crippen LogP contribution < -0.4 is 5.73 Å². The van der Waals surface area contributed by atoms with Crippen LogP contribution in [0.2, 0.25) is 0 Å². The van der Waals surface area contributed by atoms with Crippen LogP contribution in [0.25, 0.3) is 0 Å². The van der Waals surface area contributed by atoms with Crippen molar-refractivity contribution in [2.75, 3.05) is 20.3 Å². The number of alkyl halides is 1. The van der Waals surface area contributed by atoms with E-state index >= 15 is 0 Å². The highest BCUT2D eigenvalue weighted by Crippen LogP contribution is 2.62. The molecule has 1 aromatic rings. The average Bonchev–Trinajstić information content (AvgIpc) is 3.10. The molecule has 0 bridgehead atoms. The number of fused-ring (bicyclic) bond motifs is 3. The first-order chi connectivity index (χ1) is 13.5. The maximum atomic E-state index is 13.7. The zero-order valence-electron chi connectivity index (χ0n) is 16.8. The largest absolute Gasteiger partial charge is 0.381 e. The summed E-state index contributed by atoms with van der Waals surface area (Å²) in [5.74, 6) is 0.00977. The van der Waals surface area contributed by atoms with Gasteiger partial charge >= 0.3 is 0 Å². The van der Waals surface area contributed by atoms with Crippen molar-refractivity contribution in [2.45, 2.75) is 63.5 Å². The number of nitrogens with two attached hydrogens (primary N) is 1.